The van der Waals surface area contributed by atoms with E-state index in [0.29, 0.717) is 17.2 Å². The van der Waals surface area contributed by atoms with Crippen molar-refractivity contribution in [3.8, 4) is 11.5 Å². The minimum atomic E-state index is -0.341. The third-order valence-corrected chi connectivity index (χ3v) is 2.81. The van der Waals surface area contributed by atoms with Crippen LogP contribution in [-0.4, -0.2) is 36.5 Å². The van der Waals surface area contributed by atoms with Crippen LogP contribution >= 0.6 is 0 Å². The molecule has 22 heavy (non-hydrogen) atoms. The van der Waals surface area contributed by atoms with Gasteiger partial charge in [0.15, 0.2) is 11.5 Å². The molecular weight excluding hydrogens is 288 g/mol. The van der Waals surface area contributed by atoms with Gasteiger partial charge in [0.05, 0.1) is 26.9 Å². The number of methoxy groups -OCH3 is 2. The van der Waals surface area contributed by atoms with E-state index >= 15 is 0 Å². The summed E-state index contributed by atoms with van der Waals surface area (Å²) < 4.78 is 10.3. The van der Waals surface area contributed by atoms with Gasteiger partial charge in [0, 0.05) is 11.8 Å². The quantitative estimate of drug-likeness (QED) is 0.530. The lowest BCUT2D eigenvalue weighted by Crippen LogP contribution is -2.20. The second-order valence-electron chi connectivity index (χ2n) is 4.37. The fourth-order valence-electron chi connectivity index (χ4n) is 1.79. The van der Waals surface area contributed by atoms with E-state index in [-0.39, 0.29) is 17.9 Å². The maximum atomic E-state index is 11.6. The third kappa shape index (κ3) is 3.98. The molecule has 0 aliphatic carbocycles. The average molecular weight is 304 g/mol. The molecule has 8 nitrogen and oxygen atoms in total. The van der Waals surface area contributed by atoms with E-state index in [1.807, 2.05) is 0 Å². The molecule has 8 heteroatoms. The van der Waals surface area contributed by atoms with E-state index in [1.54, 1.807) is 25.3 Å². The van der Waals surface area contributed by atoms with Gasteiger partial charge in [0.25, 0.3) is 5.56 Å². The highest BCUT2D eigenvalue weighted by atomic mass is 16.5. The molecule has 0 bridgehead atoms. The van der Waals surface area contributed by atoms with Gasteiger partial charge in [0.2, 0.25) is 5.91 Å². The Morgan fingerprint density at radius 2 is 2.00 bits per heavy atom. The molecule has 2 aromatic rings. The Bertz CT molecular complexity index is 732. The maximum Gasteiger partial charge on any atom is 0.264 e. The molecule has 3 N–H and O–H groups in total. The van der Waals surface area contributed by atoms with E-state index in [2.05, 4.69) is 20.7 Å². The molecule has 0 atom stereocenters. The molecule has 0 spiro atoms. The molecule has 0 radical (unpaired) electrons. The number of amides is 1. The predicted octanol–water partition coefficient (Wildman–Crippen LogP) is 0.413. The van der Waals surface area contributed by atoms with Crippen molar-refractivity contribution in [2.24, 2.45) is 5.10 Å². The number of hydrazone groups is 1. The summed E-state index contributed by atoms with van der Waals surface area (Å²) in [6.07, 6.45) is 1.52. The Balaban J connectivity index is 1.94. The zero-order valence-corrected chi connectivity index (χ0v) is 12.2. The van der Waals surface area contributed by atoms with E-state index in [4.69, 9.17) is 9.47 Å². The lowest BCUT2D eigenvalue weighted by molar-refractivity contribution is -0.120. The normalized spacial score (nSPS) is 10.6. The summed E-state index contributed by atoms with van der Waals surface area (Å²) in [5, 5.41) is 8.80. The lowest BCUT2D eigenvalue weighted by Gasteiger charge is -2.07. The molecule has 0 unspecified atom stereocenters. The van der Waals surface area contributed by atoms with Crippen LogP contribution in [0.25, 0.3) is 0 Å². The number of benzene rings is 1. The summed E-state index contributed by atoms with van der Waals surface area (Å²) in [6.45, 7) is 0. The number of hydrogen-bond acceptors (Lipinski definition) is 5. The maximum absolute atomic E-state index is 11.6. The number of aromatic nitrogens is 2. The number of hydrogen-bond donors (Lipinski definition) is 3. The number of nitrogens with one attached hydrogen (secondary N) is 3. The van der Waals surface area contributed by atoms with Crippen molar-refractivity contribution in [1.82, 2.24) is 15.6 Å². The first kappa shape index (κ1) is 15.4. The van der Waals surface area contributed by atoms with Gasteiger partial charge in [-0.25, -0.2) is 5.43 Å². The predicted molar refractivity (Wildman–Crippen MR) is 80.4 cm³/mol. The van der Waals surface area contributed by atoms with Gasteiger partial charge in [-0.2, -0.15) is 5.10 Å². The van der Waals surface area contributed by atoms with Gasteiger partial charge >= 0.3 is 0 Å². The van der Waals surface area contributed by atoms with Gasteiger partial charge in [-0.15, -0.1) is 0 Å². The van der Waals surface area contributed by atoms with Crippen LogP contribution < -0.4 is 20.5 Å². The molecule has 1 heterocycles. The summed E-state index contributed by atoms with van der Waals surface area (Å²) in [7, 11) is 3.09. The number of carbonyl (C=O) groups is 1. The van der Waals surface area contributed by atoms with Crippen molar-refractivity contribution < 1.29 is 14.3 Å². The monoisotopic (exact) mass is 304 g/mol. The van der Waals surface area contributed by atoms with Crippen LogP contribution in [0.15, 0.2) is 34.2 Å². The van der Waals surface area contributed by atoms with Crippen molar-refractivity contribution in [1.29, 1.82) is 0 Å². The van der Waals surface area contributed by atoms with Crippen molar-refractivity contribution in [3.05, 3.63) is 45.9 Å². The molecule has 1 aromatic carbocycles. The molecule has 0 aliphatic rings. The first-order chi connectivity index (χ1) is 10.6. The topological polar surface area (TPSA) is 109 Å². The Labute approximate surface area is 126 Å². The molecule has 0 saturated carbocycles. The summed E-state index contributed by atoms with van der Waals surface area (Å²) in [6, 6.07) is 6.57. The van der Waals surface area contributed by atoms with Crippen molar-refractivity contribution in [2.45, 2.75) is 6.42 Å². The number of ether oxygens (including phenoxy) is 2. The third-order valence-electron chi connectivity index (χ3n) is 2.81. The molecule has 0 aliphatic heterocycles. The van der Waals surface area contributed by atoms with Crippen molar-refractivity contribution >= 4 is 12.1 Å². The summed E-state index contributed by atoms with van der Waals surface area (Å²) in [5.74, 6) is 0.842. The molecule has 116 valence electrons. The summed E-state index contributed by atoms with van der Waals surface area (Å²) in [5.41, 5.74) is 3.33. The fourth-order valence-corrected chi connectivity index (χ4v) is 1.79. The first-order valence-electron chi connectivity index (χ1n) is 6.43. The Morgan fingerprint density at radius 3 is 2.64 bits per heavy atom. The van der Waals surface area contributed by atoms with Gasteiger partial charge in [-0.3, -0.25) is 14.7 Å². The number of aromatic amines is 2. The minimum absolute atomic E-state index is 0.0298. The van der Waals surface area contributed by atoms with Crippen LogP contribution in [0.1, 0.15) is 11.3 Å². The first-order valence-corrected chi connectivity index (χ1v) is 6.43. The molecule has 2 rings (SSSR count). The Kier molecular flexibility index (Phi) is 4.97. The SMILES string of the molecule is COc1ccc(/C=N\NC(=O)Cc2cc(=O)[nH][nH]2)cc1OC. The van der Waals surface area contributed by atoms with Crippen molar-refractivity contribution in [2.75, 3.05) is 14.2 Å². The highest BCUT2D eigenvalue weighted by molar-refractivity contribution is 5.83. The summed E-state index contributed by atoms with van der Waals surface area (Å²) in [4.78, 5) is 22.5. The number of rotatable bonds is 6. The van der Waals surface area contributed by atoms with Gasteiger partial charge in [-0.1, -0.05) is 0 Å². The number of carbonyl (C=O) groups excluding carboxylic acids is 1. The average Bonchev–Trinajstić information content (AvgIpc) is 2.92. The van der Waals surface area contributed by atoms with E-state index in [1.165, 1.54) is 19.4 Å². The minimum Gasteiger partial charge on any atom is -0.493 e. The molecular formula is C14H16N4O4. The molecule has 0 fully saturated rings. The van der Waals surface area contributed by atoms with Gasteiger partial charge < -0.3 is 14.6 Å². The smallest absolute Gasteiger partial charge is 0.264 e. The molecule has 0 saturated heterocycles. The highest BCUT2D eigenvalue weighted by Gasteiger charge is 2.05. The largest absolute Gasteiger partial charge is 0.493 e. The van der Waals surface area contributed by atoms with Crippen LogP contribution in [-0.2, 0) is 11.2 Å². The second kappa shape index (κ2) is 7.11. The van der Waals surface area contributed by atoms with Crippen LogP contribution in [0.5, 0.6) is 11.5 Å². The van der Waals surface area contributed by atoms with Crippen LogP contribution in [0.3, 0.4) is 0 Å². The Hall–Kier alpha value is -3.03. The second-order valence-corrected chi connectivity index (χ2v) is 4.37. The lowest BCUT2D eigenvalue weighted by atomic mass is 10.2. The zero-order chi connectivity index (χ0) is 15.9. The van der Waals surface area contributed by atoms with Crippen molar-refractivity contribution in [3.63, 3.8) is 0 Å². The zero-order valence-electron chi connectivity index (χ0n) is 12.2. The standard InChI is InChI=1S/C14H16N4O4/c1-21-11-4-3-9(5-12(11)22-2)8-15-17-13(19)6-10-7-14(20)18-16-10/h3-5,7-8H,6H2,1-2H3,(H,17,19)(H2,16,18,20)/b15-8-. The highest BCUT2D eigenvalue weighted by Crippen LogP contribution is 2.26. The van der Waals surface area contributed by atoms with Crippen LogP contribution in [0.2, 0.25) is 0 Å². The van der Waals surface area contributed by atoms with Gasteiger partial charge in [0.1, 0.15) is 0 Å². The number of H-pyrrole nitrogens is 2. The Morgan fingerprint density at radius 1 is 1.23 bits per heavy atom. The van der Waals surface area contributed by atoms with Gasteiger partial charge in [-0.05, 0) is 23.8 Å². The van der Waals surface area contributed by atoms with Crippen LogP contribution in [0.4, 0.5) is 0 Å². The summed E-state index contributed by atoms with van der Waals surface area (Å²) >= 11 is 0. The fraction of sp³-hybridized carbons (Fsp3) is 0.214. The van der Waals surface area contributed by atoms with E-state index in [9.17, 15) is 9.59 Å². The van der Waals surface area contributed by atoms with E-state index in [0.717, 1.165) is 5.56 Å². The van der Waals surface area contributed by atoms with Crippen LogP contribution in [0, 0.1) is 0 Å². The molecule has 1 amide bonds. The molecule has 1 aromatic heterocycles. The number of nitrogens with zero attached hydrogens (tertiary/aromatic N) is 1. The van der Waals surface area contributed by atoms with E-state index < -0.39 is 0 Å².